The molecule has 0 radical (unpaired) electrons. The predicted octanol–water partition coefficient (Wildman–Crippen LogP) is 0.288. The number of aromatic nitrogens is 3. The highest BCUT2D eigenvalue weighted by atomic mass is 16.1. The van der Waals surface area contributed by atoms with Gasteiger partial charge < -0.3 is 11.1 Å². The Bertz CT molecular complexity index is 481. The minimum atomic E-state index is -0.394. The summed E-state index contributed by atoms with van der Waals surface area (Å²) in [6.07, 6.45) is 2.57. The molecule has 0 bridgehead atoms. The van der Waals surface area contributed by atoms with Gasteiger partial charge in [0, 0.05) is 24.7 Å². The fourth-order valence-corrected chi connectivity index (χ4v) is 1.88. The molecular weight excluding hydrogens is 270 g/mol. The minimum absolute atomic E-state index is 0.00960. The molecule has 1 unspecified atom stereocenters. The van der Waals surface area contributed by atoms with Gasteiger partial charge in [-0.25, -0.2) is 0 Å². The van der Waals surface area contributed by atoms with Gasteiger partial charge in [-0.1, -0.05) is 32.9 Å². The van der Waals surface area contributed by atoms with Crippen LogP contribution >= 0.6 is 0 Å². The Hall–Kier alpha value is -1.76. The van der Waals surface area contributed by atoms with E-state index in [9.17, 15) is 9.59 Å². The number of primary amides is 1. The molecule has 1 atom stereocenters. The number of nitrogens with two attached hydrogens (primary N) is 1. The first kappa shape index (κ1) is 17.3. The van der Waals surface area contributed by atoms with Gasteiger partial charge in [0.05, 0.1) is 18.2 Å². The number of nitrogens with zero attached hydrogens (tertiary/aromatic N) is 3. The van der Waals surface area contributed by atoms with Crippen LogP contribution in [0.15, 0.2) is 6.20 Å². The molecule has 0 aliphatic carbocycles. The highest BCUT2D eigenvalue weighted by Crippen LogP contribution is 2.04. The molecule has 21 heavy (non-hydrogen) atoms. The highest BCUT2D eigenvalue weighted by molar-refractivity contribution is 5.82. The molecular formula is C14H25N5O2. The lowest BCUT2D eigenvalue weighted by atomic mass is 10.1. The monoisotopic (exact) mass is 295 g/mol. The molecule has 3 N–H and O–H groups in total. The molecule has 0 spiro atoms. The van der Waals surface area contributed by atoms with Gasteiger partial charge in [0.15, 0.2) is 0 Å². The minimum Gasteiger partial charge on any atom is -0.368 e. The Morgan fingerprint density at radius 3 is 2.52 bits per heavy atom. The number of aryl methyl sites for hydroxylation is 1. The lowest BCUT2D eigenvalue weighted by Crippen LogP contribution is -2.45. The van der Waals surface area contributed by atoms with Crippen molar-refractivity contribution >= 4 is 11.7 Å². The molecule has 1 rings (SSSR count). The van der Waals surface area contributed by atoms with Gasteiger partial charge >= 0.3 is 0 Å². The summed E-state index contributed by atoms with van der Waals surface area (Å²) in [5, 5.41) is 11.1. The zero-order valence-corrected chi connectivity index (χ0v) is 13.2. The SMILES string of the molecule is CC(C)NC(CCn1cc(CC(=O)C(C)C)nn1)C(N)=O. The lowest BCUT2D eigenvalue weighted by Gasteiger charge is -2.17. The van der Waals surface area contributed by atoms with Gasteiger partial charge in [0.1, 0.15) is 5.78 Å². The molecule has 0 saturated heterocycles. The molecule has 118 valence electrons. The zero-order chi connectivity index (χ0) is 16.0. The Kier molecular flexibility index (Phi) is 6.48. The molecule has 7 heteroatoms. The maximum atomic E-state index is 11.6. The molecule has 1 heterocycles. The van der Waals surface area contributed by atoms with Gasteiger partial charge in [-0.05, 0) is 6.42 Å². The van der Waals surface area contributed by atoms with Crippen LogP contribution in [0.1, 0.15) is 39.8 Å². The number of nitrogens with one attached hydrogen (secondary N) is 1. The third kappa shape index (κ3) is 6.03. The Labute approximate surface area is 125 Å². The van der Waals surface area contributed by atoms with Crippen LogP contribution in [0.25, 0.3) is 0 Å². The van der Waals surface area contributed by atoms with Crippen molar-refractivity contribution in [2.45, 2.75) is 59.2 Å². The van der Waals surface area contributed by atoms with Crippen molar-refractivity contribution in [1.29, 1.82) is 0 Å². The summed E-state index contributed by atoms with van der Waals surface area (Å²) >= 11 is 0. The van der Waals surface area contributed by atoms with Gasteiger partial charge in [-0.2, -0.15) is 0 Å². The van der Waals surface area contributed by atoms with Crippen LogP contribution in [0, 0.1) is 5.92 Å². The van der Waals surface area contributed by atoms with E-state index in [0.717, 1.165) is 0 Å². The van der Waals surface area contributed by atoms with Crippen molar-refractivity contribution in [2.75, 3.05) is 0 Å². The standard InChI is InChI=1S/C14H25N5O2/c1-9(2)13(20)7-11-8-19(18-17-11)6-5-12(14(15)21)16-10(3)4/h8-10,12,16H,5-7H2,1-4H3,(H2,15,21). The summed E-state index contributed by atoms with van der Waals surface area (Å²) in [5.74, 6) is -0.248. The van der Waals surface area contributed by atoms with Crippen LogP contribution < -0.4 is 11.1 Å². The smallest absolute Gasteiger partial charge is 0.234 e. The molecule has 0 saturated carbocycles. The molecule has 0 aliphatic heterocycles. The van der Waals surface area contributed by atoms with Crippen molar-refractivity contribution in [3.63, 3.8) is 0 Å². The van der Waals surface area contributed by atoms with E-state index in [1.165, 1.54) is 0 Å². The van der Waals surface area contributed by atoms with Crippen LogP contribution in [0.3, 0.4) is 0 Å². The average Bonchev–Trinajstić information content (AvgIpc) is 2.81. The van der Waals surface area contributed by atoms with E-state index in [1.807, 2.05) is 27.7 Å². The topological polar surface area (TPSA) is 103 Å². The van der Waals surface area contributed by atoms with Crippen molar-refractivity contribution < 1.29 is 9.59 Å². The van der Waals surface area contributed by atoms with E-state index in [4.69, 9.17) is 5.73 Å². The zero-order valence-electron chi connectivity index (χ0n) is 13.2. The first-order chi connectivity index (χ1) is 9.79. The molecule has 0 fully saturated rings. The molecule has 1 amide bonds. The lowest BCUT2D eigenvalue weighted by molar-refractivity contribution is -0.121. The second kappa shape index (κ2) is 7.87. The maximum Gasteiger partial charge on any atom is 0.234 e. The Morgan fingerprint density at radius 1 is 1.33 bits per heavy atom. The van der Waals surface area contributed by atoms with E-state index in [-0.39, 0.29) is 23.7 Å². The van der Waals surface area contributed by atoms with Crippen molar-refractivity contribution in [2.24, 2.45) is 11.7 Å². The second-order valence-corrected chi connectivity index (χ2v) is 5.84. The molecule has 1 aromatic rings. The predicted molar refractivity (Wildman–Crippen MR) is 79.4 cm³/mol. The fourth-order valence-electron chi connectivity index (χ4n) is 1.88. The second-order valence-electron chi connectivity index (χ2n) is 5.84. The van der Waals surface area contributed by atoms with E-state index in [1.54, 1.807) is 10.9 Å². The van der Waals surface area contributed by atoms with E-state index in [2.05, 4.69) is 15.6 Å². The average molecular weight is 295 g/mol. The summed E-state index contributed by atoms with van der Waals surface area (Å²) in [7, 11) is 0. The number of amides is 1. The van der Waals surface area contributed by atoms with E-state index in [0.29, 0.717) is 25.1 Å². The van der Waals surface area contributed by atoms with Gasteiger partial charge in [-0.3, -0.25) is 14.3 Å². The first-order valence-electron chi connectivity index (χ1n) is 7.26. The van der Waals surface area contributed by atoms with Crippen LogP contribution in [-0.2, 0) is 22.6 Å². The van der Waals surface area contributed by atoms with Crippen molar-refractivity contribution in [3.8, 4) is 0 Å². The number of hydrogen-bond acceptors (Lipinski definition) is 5. The number of carbonyl (C=O) groups is 2. The number of carbonyl (C=O) groups excluding carboxylic acids is 2. The van der Waals surface area contributed by atoms with Crippen molar-refractivity contribution in [3.05, 3.63) is 11.9 Å². The highest BCUT2D eigenvalue weighted by Gasteiger charge is 2.16. The van der Waals surface area contributed by atoms with Gasteiger partial charge in [-0.15, -0.1) is 5.10 Å². The van der Waals surface area contributed by atoms with Crippen LogP contribution in [-0.4, -0.2) is 38.8 Å². The fraction of sp³-hybridized carbons (Fsp3) is 0.714. The number of hydrogen-bond donors (Lipinski definition) is 2. The largest absolute Gasteiger partial charge is 0.368 e. The van der Waals surface area contributed by atoms with Crippen LogP contribution in [0.4, 0.5) is 0 Å². The third-order valence-corrected chi connectivity index (χ3v) is 3.11. The first-order valence-corrected chi connectivity index (χ1v) is 7.26. The van der Waals surface area contributed by atoms with Crippen LogP contribution in [0.2, 0.25) is 0 Å². The quantitative estimate of drug-likeness (QED) is 0.681. The van der Waals surface area contributed by atoms with Gasteiger partial charge in [0.2, 0.25) is 5.91 Å². The Balaban J connectivity index is 2.54. The molecule has 1 aromatic heterocycles. The number of ketones is 1. The van der Waals surface area contributed by atoms with Gasteiger partial charge in [0.25, 0.3) is 0 Å². The Morgan fingerprint density at radius 2 is 2.00 bits per heavy atom. The van der Waals surface area contributed by atoms with Crippen molar-refractivity contribution in [1.82, 2.24) is 20.3 Å². The molecule has 0 aromatic carbocycles. The summed E-state index contributed by atoms with van der Waals surface area (Å²) < 4.78 is 1.64. The van der Waals surface area contributed by atoms with E-state index >= 15 is 0 Å². The molecule has 0 aliphatic rings. The number of rotatable bonds is 9. The van der Waals surface area contributed by atoms with E-state index < -0.39 is 6.04 Å². The normalized spacial score (nSPS) is 12.9. The number of Topliss-reactive ketones (excluding diaryl/α,β-unsaturated/α-hetero) is 1. The maximum absolute atomic E-state index is 11.6. The summed E-state index contributed by atoms with van der Waals surface area (Å²) in [5.41, 5.74) is 6.02. The molecule has 7 nitrogen and oxygen atoms in total. The third-order valence-electron chi connectivity index (χ3n) is 3.11. The summed E-state index contributed by atoms with van der Waals surface area (Å²) in [6.45, 7) is 8.17. The van der Waals surface area contributed by atoms with Crippen LogP contribution in [0.5, 0.6) is 0 Å². The summed E-state index contributed by atoms with van der Waals surface area (Å²) in [4.78, 5) is 23.0. The summed E-state index contributed by atoms with van der Waals surface area (Å²) in [6, 6.07) is -0.215.